The van der Waals surface area contributed by atoms with E-state index in [-0.39, 0.29) is 17.8 Å². The summed E-state index contributed by atoms with van der Waals surface area (Å²) >= 11 is 0. The Morgan fingerprint density at radius 2 is 1.91 bits per heavy atom. The Bertz CT molecular complexity index is 867. The third-order valence-corrected chi connectivity index (χ3v) is 4.54. The number of rotatable bonds is 2. The molecule has 23 heavy (non-hydrogen) atoms. The standard InChI is InChI=1S/C19H17FN2O/c20-13-7-5-12(6-8-13)19(23)21-14-9-10-18-16(11-14)15-3-1-2-4-17(15)22-18/h1-8,14,22H,9-11H2,(H,21,23). The van der Waals surface area contributed by atoms with Gasteiger partial charge in [-0.3, -0.25) is 4.79 Å². The lowest BCUT2D eigenvalue weighted by molar-refractivity contribution is 0.0933. The largest absolute Gasteiger partial charge is 0.358 e. The van der Waals surface area contributed by atoms with Gasteiger partial charge in [0, 0.05) is 28.2 Å². The van der Waals surface area contributed by atoms with Crippen LogP contribution >= 0.6 is 0 Å². The highest BCUT2D eigenvalue weighted by atomic mass is 19.1. The van der Waals surface area contributed by atoms with E-state index < -0.39 is 0 Å². The van der Waals surface area contributed by atoms with Gasteiger partial charge in [-0.05, 0) is 55.2 Å². The summed E-state index contributed by atoms with van der Waals surface area (Å²) in [5.41, 5.74) is 4.23. The minimum atomic E-state index is -0.331. The molecule has 0 saturated carbocycles. The number of aromatic amines is 1. The molecule has 4 rings (SSSR count). The topological polar surface area (TPSA) is 44.9 Å². The number of nitrogens with one attached hydrogen (secondary N) is 2. The van der Waals surface area contributed by atoms with Gasteiger partial charge in [0.05, 0.1) is 0 Å². The van der Waals surface area contributed by atoms with Crippen LogP contribution < -0.4 is 5.32 Å². The average molecular weight is 308 g/mol. The number of hydrogen-bond acceptors (Lipinski definition) is 1. The van der Waals surface area contributed by atoms with Crippen molar-refractivity contribution in [2.75, 3.05) is 0 Å². The molecule has 116 valence electrons. The molecule has 0 radical (unpaired) electrons. The monoisotopic (exact) mass is 308 g/mol. The molecular formula is C19H17FN2O. The number of fused-ring (bicyclic) bond motifs is 3. The molecule has 1 unspecified atom stereocenters. The maximum Gasteiger partial charge on any atom is 0.251 e. The molecule has 1 aromatic heterocycles. The third kappa shape index (κ3) is 2.61. The Morgan fingerprint density at radius 3 is 2.74 bits per heavy atom. The van der Waals surface area contributed by atoms with E-state index in [1.165, 1.54) is 40.9 Å². The van der Waals surface area contributed by atoms with Gasteiger partial charge in [-0.1, -0.05) is 18.2 Å². The highest BCUT2D eigenvalue weighted by Crippen LogP contribution is 2.29. The summed E-state index contributed by atoms with van der Waals surface area (Å²) in [7, 11) is 0. The molecule has 0 fully saturated rings. The van der Waals surface area contributed by atoms with Crippen LogP contribution in [0.15, 0.2) is 48.5 Å². The molecule has 3 aromatic rings. The van der Waals surface area contributed by atoms with Gasteiger partial charge in [-0.2, -0.15) is 0 Å². The van der Waals surface area contributed by atoms with Crippen molar-refractivity contribution in [3.63, 3.8) is 0 Å². The number of halogens is 1. The number of aryl methyl sites for hydroxylation is 1. The first-order chi connectivity index (χ1) is 11.2. The minimum Gasteiger partial charge on any atom is -0.358 e. The third-order valence-electron chi connectivity index (χ3n) is 4.54. The molecule has 1 heterocycles. The van der Waals surface area contributed by atoms with Crippen LogP contribution in [0.5, 0.6) is 0 Å². The van der Waals surface area contributed by atoms with Gasteiger partial charge in [0.25, 0.3) is 5.91 Å². The van der Waals surface area contributed by atoms with E-state index in [4.69, 9.17) is 0 Å². The van der Waals surface area contributed by atoms with E-state index in [9.17, 15) is 9.18 Å². The number of hydrogen-bond donors (Lipinski definition) is 2. The number of aromatic nitrogens is 1. The molecule has 2 aromatic carbocycles. The Kier molecular flexibility index (Phi) is 3.37. The highest BCUT2D eigenvalue weighted by molar-refractivity contribution is 5.94. The molecule has 1 aliphatic rings. The van der Waals surface area contributed by atoms with Gasteiger partial charge in [-0.15, -0.1) is 0 Å². The van der Waals surface area contributed by atoms with E-state index in [0.29, 0.717) is 5.56 Å². The van der Waals surface area contributed by atoms with Gasteiger partial charge in [0.2, 0.25) is 0 Å². The van der Waals surface area contributed by atoms with Gasteiger partial charge in [0.1, 0.15) is 5.82 Å². The van der Waals surface area contributed by atoms with Gasteiger partial charge >= 0.3 is 0 Å². The van der Waals surface area contributed by atoms with Crippen molar-refractivity contribution in [1.82, 2.24) is 10.3 Å². The lowest BCUT2D eigenvalue weighted by atomic mass is 9.91. The number of benzene rings is 2. The second kappa shape index (κ2) is 5.54. The number of carbonyl (C=O) groups excluding carboxylic acids is 1. The summed E-state index contributed by atoms with van der Waals surface area (Å²) < 4.78 is 13.0. The van der Waals surface area contributed by atoms with Crippen LogP contribution in [0.25, 0.3) is 10.9 Å². The second-order valence-electron chi connectivity index (χ2n) is 6.05. The molecule has 0 bridgehead atoms. The molecule has 2 N–H and O–H groups in total. The number of para-hydroxylation sites is 1. The first kappa shape index (κ1) is 14.0. The SMILES string of the molecule is O=C(NC1CCc2[nH]c3ccccc3c2C1)c1ccc(F)cc1. The summed E-state index contributed by atoms with van der Waals surface area (Å²) in [6.45, 7) is 0. The van der Waals surface area contributed by atoms with Gasteiger partial charge < -0.3 is 10.3 Å². The maximum absolute atomic E-state index is 13.0. The number of carbonyl (C=O) groups is 1. The van der Waals surface area contributed by atoms with E-state index >= 15 is 0 Å². The predicted molar refractivity (Wildman–Crippen MR) is 88.0 cm³/mol. The van der Waals surface area contributed by atoms with Crippen molar-refractivity contribution in [3.05, 3.63) is 71.2 Å². The number of amides is 1. The molecular weight excluding hydrogens is 291 g/mol. The fraction of sp³-hybridized carbons (Fsp3) is 0.211. The molecule has 0 saturated heterocycles. The Morgan fingerprint density at radius 1 is 1.13 bits per heavy atom. The van der Waals surface area contributed by atoms with Crippen LogP contribution in [-0.2, 0) is 12.8 Å². The minimum absolute atomic E-state index is 0.110. The van der Waals surface area contributed by atoms with Crippen LogP contribution in [0.1, 0.15) is 28.0 Å². The lowest BCUT2D eigenvalue weighted by Crippen LogP contribution is -2.38. The first-order valence-electron chi connectivity index (χ1n) is 7.85. The van der Waals surface area contributed by atoms with Crippen LogP contribution in [0.4, 0.5) is 4.39 Å². The van der Waals surface area contributed by atoms with Crippen LogP contribution in [-0.4, -0.2) is 16.9 Å². The van der Waals surface area contributed by atoms with E-state index in [1.807, 2.05) is 12.1 Å². The summed E-state index contributed by atoms with van der Waals surface area (Å²) in [6, 6.07) is 14.0. The molecule has 4 heteroatoms. The zero-order valence-electron chi connectivity index (χ0n) is 12.6. The highest BCUT2D eigenvalue weighted by Gasteiger charge is 2.23. The van der Waals surface area contributed by atoms with Crippen LogP contribution in [0, 0.1) is 5.82 Å². The van der Waals surface area contributed by atoms with Crippen molar-refractivity contribution < 1.29 is 9.18 Å². The Hall–Kier alpha value is -2.62. The summed E-state index contributed by atoms with van der Waals surface area (Å²) in [4.78, 5) is 15.8. The van der Waals surface area contributed by atoms with Crippen LogP contribution in [0.3, 0.4) is 0 Å². The number of H-pyrrole nitrogens is 1. The predicted octanol–water partition coefficient (Wildman–Crippen LogP) is 3.59. The van der Waals surface area contributed by atoms with E-state index in [2.05, 4.69) is 22.4 Å². The van der Waals surface area contributed by atoms with Crippen molar-refractivity contribution >= 4 is 16.8 Å². The van der Waals surface area contributed by atoms with Gasteiger partial charge in [-0.25, -0.2) is 4.39 Å². The van der Waals surface area contributed by atoms with Crippen molar-refractivity contribution in [3.8, 4) is 0 Å². The normalized spacial score (nSPS) is 17.0. The summed E-state index contributed by atoms with van der Waals surface area (Å²) in [5.74, 6) is -0.471. The van der Waals surface area contributed by atoms with E-state index in [1.54, 1.807) is 0 Å². The lowest BCUT2D eigenvalue weighted by Gasteiger charge is -2.23. The van der Waals surface area contributed by atoms with E-state index in [0.717, 1.165) is 24.8 Å². The molecule has 1 atom stereocenters. The molecule has 1 aliphatic carbocycles. The van der Waals surface area contributed by atoms with Crippen molar-refractivity contribution in [1.29, 1.82) is 0 Å². The fourth-order valence-electron chi connectivity index (χ4n) is 3.36. The zero-order valence-corrected chi connectivity index (χ0v) is 12.6. The van der Waals surface area contributed by atoms with Crippen LogP contribution in [0.2, 0.25) is 0 Å². The molecule has 0 spiro atoms. The quantitative estimate of drug-likeness (QED) is 0.746. The maximum atomic E-state index is 13.0. The smallest absolute Gasteiger partial charge is 0.251 e. The molecule has 1 amide bonds. The zero-order chi connectivity index (χ0) is 15.8. The second-order valence-corrected chi connectivity index (χ2v) is 6.05. The van der Waals surface area contributed by atoms with Crippen molar-refractivity contribution in [2.24, 2.45) is 0 Å². The Balaban J connectivity index is 1.53. The summed E-state index contributed by atoms with van der Waals surface area (Å²) in [6.07, 6.45) is 2.66. The molecule has 3 nitrogen and oxygen atoms in total. The van der Waals surface area contributed by atoms with Gasteiger partial charge in [0.15, 0.2) is 0 Å². The first-order valence-corrected chi connectivity index (χ1v) is 7.85. The van der Waals surface area contributed by atoms with Crippen molar-refractivity contribution in [2.45, 2.75) is 25.3 Å². The summed E-state index contributed by atoms with van der Waals surface area (Å²) in [5, 5.41) is 4.31. The Labute approximate surface area is 133 Å². The fourth-order valence-corrected chi connectivity index (χ4v) is 3.36. The average Bonchev–Trinajstić information content (AvgIpc) is 2.93. The molecule has 0 aliphatic heterocycles.